The third-order valence-electron chi connectivity index (χ3n) is 4.94. The Balaban J connectivity index is 0.00000256. The zero-order valence-corrected chi connectivity index (χ0v) is 19.4. The van der Waals surface area contributed by atoms with Crippen LogP contribution in [-0.2, 0) is 6.54 Å². The molecule has 4 rings (SSSR count). The maximum absolute atomic E-state index is 5.99. The monoisotopic (exact) mass is 519 g/mol. The Labute approximate surface area is 193 Å². The first-order valence-corrected chi connectivity index (χ1v) is 9.72. The highest BCUT2D eigenvalue weighted by atomic mass is 127. The van der Waals surface area contributed by atoms with Gasteiger partial charge in [-0.2, -0.15) is 0 Å². The standard InChI is InChI=1S/C21H25N7O.HI/c1-16-23-11-13-28(16)20-17(6-5-10-25-20)14-26-21(22-2)27-12-8-18(15-27)29-19-7-3-4-9-24-19;/h3-7,9-11,13,18H,8,12,14-15H2,1-2H3,(H,22,26);1H. The molecule has 158 valence electrons. The van der Waals surface area contributed by atoms with Gasteiger partial charge in [0.25, 0.3) is 0 Å². The molecule has 1 fully saturated rings. The molecule has 0 radical (unpaired) electrons. The number of imidazole rings is 1. The molecule has 1 N–H and O–H groups in total. The van der Waals surface area contributed by atoms with E-state index in [1.165, 1.54) is 0 Å². The molecule has 9 heteroatoms. The highest BCUT2D eigenvalue weighted by Gasteiger charge is 2.26. The average Bonchev–Trinajstić information content (AvgIpc) is 3.39. The number of guanidine groups is 1. The predicted octanol–water partition coefficient (Wildman–Crippen LogP) is 2.82. The van der Waals surface area contributed by atoms with Gasteiger partial charge >= 0.3 is 0 Å². The minimum atomic E-state index is 0. The largest absolute Gasteiger partial charge is 0.472 e. The minimum Gasteiger partial charge on any atom is -0.472 e. The van der Waals surface area contributed by atoms with Crippen LogP contribution in [0.1, 0.15) is 17.8 Å². The number of pyridine rings is 2. The number of likely N-dealkylation sites (tertiary alicyclic amines) is 1. The summed E-state index contributed by atoms with van der Waals surface area (Å²) in [5.74, 6) is 3.30. The van der Waals surface area contributed by atoms with Gasteiger partial charge in [0.15, 0.2) is 5.96 Å². The number of hydrogen-bond donors (Lipinski definition) is 1. The number of nitrogens with zero attached hydrogens (tertiary/aromatic N) is 6. The topological polar surface area (TPSA) is 80.5 Å². The van der Waals surface area contributed by atoms with Gasteiger partial charge in [0.05, 0.1) is 6.54 Å². The van der Waals surface area contributed by atoms with Crippen molar-refractivity contribution in [1.82, 2.24) is 29.7 Å². The number of aryl methyl sites for hydroxylation is 1. The van der Waals surface area contributed by atoms with E-state index in [-0.39, 0.29) is 30.1 Å². The first-order chi connectivity index (χ1) is 14.2. The summed E-state index contributed by atoms with van der Waals surface area (Å²) < 4.78 is 7.98. The fourth-order valence-electron chi connectivity index (χ4n) is 3.50. The van der Waals surface area contributed by atoms with E-state index in [0.717, 1.165) is 42.7 Å². The molecule has 0 bridgehead atoms. The Kier molecular flexibility index (Phi) is 7.61. The molecule has 0 aromatic carbocycles. The van der Waals surface area contributed by atoms with Gasteiger partial charge in [-0.1, -0.05) is 12.1 Å². The van der Waals surface area contributed by atoms with Crippen molar-refractivity contribution >= 4 is 29.9 Å². The van der Waals surface area contributed by atoms with Crippen LogP contribution in [0.3, 0.4) is 0 Å². The van der Waals surface area contributed by atoms with Crippen molar-refractivity contribution in [2.24, 2.45) is 4.99 Å². The molecule has 0 saturated carbocycles. The van der Waals surface area contributed by atoms with Crippen molar-refractivity contribution in [3.63, 3.8) is 0 Å². The lowest BCUT2D eigenvalue weighted by Crippen LogP contribution is -2.40. The van der Waals surface area contributed by atoms with Crippen molar-refractivity contribution in [2.75, 3.05) is 20.1 Å². The van der Waals surface area contributed by atoms with Gasteiger partial charge in [-0.3, -0.25) is 9.56 Å². The van der Waals surface area contributed by atoms with Gasteiger partial charge < -0.3 is 15.0 Å². The molecule has 4 heterocycles. The van der Waals surface area contributed by atoms with E-state index >= 15 is 0 Å². The molecule has 1 aliphatic rings. The first-order valence-electron chi connectivity index (χ1n) is 9.72. The summed E-state index contributed by atoms with van der Waals surface area (Å²) >= 11 is 0. The molecular formula is C21H26IN7O. The van der Waals surface area contributed by atoms with E-state index in [1.807, 2.05) is 42.0 Å². The molecular weight excluding hydrogens is 493 g/mol. The zero-order valence-electron chi connectivity index (χ0n) is 17.1. The molecule has 1 aliphatic heterocycles. The lowest BCUT2D eigenvalue weighted by atomic mass is 10.2. The lowest BCUT2D eigenvalue weighted by Gasteiger charge is -2.22. The van der Waals surface area contributed by atoms with Crippen LogP contribution in [-0.4, -0.2) is 56.6 Å². The molecule has 1 atom stereocenters. The Bertz CT molecular complexity index is 976. The second-order valence-electron chi connectivity index (χ2n) is 6.87. The summed E-state index contributed by atoms with van der Waals surface area (Å²) in [4.78, 5) is 19.8. The predicted molar refractivity (Wildman–Crippen MR) is 127 cm³/mol. The molecule has 0 spiro atoms. The number of nitrogens with one attached hydrogen (secondary N) is 1. The molecule has 1 unspecified atom stereocenters. The quantitative estimate of drug-likeness (QED) is 0.318. The highest BCUT2D eigenvalue weighted by Crippen LogP contribution is 2.17. The Morgan fingerprint density at radius 1 is 1.17 bits per heavy atom. The minimum absolute atomic E-state index is 0. The van der Waals surface area contributed by atoms with Crippen LogP contribution in [0.4, 0.5) is 0 Å². The maximum Gasteiger partial charge on any atom is 0.213 e. The number of halogens is 1. The van der Waals surface area contributed by atoms with Gasteiger partial charge in [-0.25, -0.2) is 15.0 Å². The smallest absolute Gasteiger partial charge is 0.213 e. The van der Waals surface area contributed by atoms with E-state index in [2.05, 4.69) is 36.2 Å². The van der Waals surface area contributed by atoms with Crippen LogP contribution in [0.2, 0.25) is 0 Å². The van der Waals surface area contributed by atoms with Gasteiger partial charge in [-0.15, -0.1) is 24.0 Å². The Hall–Kier alpha value is -2.69. The van der Waals surface area contributed by atoms with Crippen molar-refractivity contribution in [2.45, 2.75) is 26.0 Å². The third kappa shape index (κ3) is 5.07. The molecule has 30 heavy (non-hydrogen) atoms. The summed E-state index contributed by atoms with van der Waals surface area (Å²) in [5.41, 5.74) is 1.08. The molecule has 1 saturated heterocycles. The number of ether oxygens (including phenoxy) is 1. The van der Waals surface area contributed by atoms with E-state index in [0.29, 0.717) is 12.4 Å². The molecule has 0 aliphatic carbocycles. The second-order valence-corrected chi connectivity index (χ2v) is 6.87. The first kappa shape index (κ1) is 22.0. The molecule has 8 nitrogen and oxygen atoms in total. The van der Waals surface area contributed by atoms with E-state index in [9.17, 15) is 0 Å². The van der Waals surface area contributed by atoms with E-state index in [4.69, 9.17) is 4.74 Å². The lowest BCUT2D eigenvalue weighted by molar-refractivity contribution is 0.205. The van der Waals surface area contributed by atoms with Gasteiger partial charge in [0.1, 0.15) is 17.7 Å². The van der Waals surface area contributed by atoms with Crippen LogP contribution in [0.5, 0.6) is 5.88 Å². The number of aliphatic imine (C=N–C) groups is 1. The van der Waals surface area contributed by atoms with Gasteiger partial charge in [0, 0.05) is 63.0 Å². The summed E-state index contributed by atoms with van der Waals surface area (Å²) in [7, 11) is 1.80. The third-order valence-corrected chi connectivity index (χ3v) is 4.94. The summed E-state index contributed by atoms with van der Waals surface area (Å²) in [5, 5.41) is 3.46. The fraction of sp³-hybridized carbons (Fsp3) is 0.333. The van der Waals surface area contributed by atoms with Crippen LogP contribution in [0, 0.1) is 6.92 Å². The molecule has 3 aromatic rings. The fourth-order valence-corrected chi connectivity index (χ4v) is 3.50. The average molecular weight is 519 g/mol. The SMILES string of the molecule is CN=C(NCc1cccnc1-n1ccnc1C)N1CCC(Oc2ccccn2)C1.I. The van der Waals surface area contributed by atoms with E-state index < -0.39 is 0 Å². The maximum atomic E-state index is 5.99. The van der Waals surface area contributed by atoms with Crippen molar-refractivity contribution in [1.29, 1.82) is 0 Å². The molecule has 3 aromatic heterocycles. The Morgan fingerprint density at radius 2 is 2.03 bits per heavy atom. The normalized spacial score (nSPS) is 16.3. The van der Waals surface area contributed by atoms with Crippen molar-refractivity contribution < 1.29 is 4.74 Å². The van der Waals surface area contributed by atoms with Gasteiger partial charge in [0.2, 0.25) is 5.88 Å². The van der Waals surface area contributed by atoms with Crippen LogP contribution >= 0.6 is 24.0 Å². The zero-order chi connectivity index (χ0) is 20.1. The Morgan fingerprint density at radius 3 is 2.77 bits per heavy atom. The number of hydrogen-bond acceptors (Lipinski definition) is 5. The number of aromatic nitrogens is 4. The van der Waals surface area contributed by atoms with E-state index in [1.54, 1.807) is 25.6 Å². The summed E-state index contributed by atoms with van der Waals surface area (Å²) in [6.07, 6.45) is 8.29. The number of rotatable bonds is 5. The summed E-state index contributed by atoms with van der Waals surface area (Å²) in [6, 6.07) is 9.72. The van der Waals surface area contributed by atoms with Crippen LogP contribution in [0.15, 0.2) is 60.1 Å². The second kappa shape index (κ2) is 10.4. The van der Waals surface area contributed by atoms with Crippen molar-refractivity contribution in [3.8, 4) is 11.7 Å². The highest BCUT2D eigenvalue weighted by molar-refractivity contribution is 14.0. The summed E-state index contributed by atoms with van der Waals surface area (Å²) in [6.45, 7) is 4.25. The van der Waals surface area contributed by atoms with Crippen molar-refractivity contribution in [3.05, 3.63) is 66.5 Å². The van der Waals surface area contributed by atoms with Crippen LogP contribution in [0.25, 0.3) is 5.82 Å². The van der Waals surface area contributed by atoms with Gasteiger partial charge in [-0.05, 0) is 19.1 Å². The molecule has 0 amide bonds. The van der Waals surface area contributed by atoms with Crippen LogP contribution < -0.4 is 10.1 Å².